The molecule has 126 valence electrons. The highest BCUT2D eigenvalue weighted by molar-refractivity contribution is 7.09. The van der Waals surface area contributed by atoms with Gasteiger partial charge in [-0.1, -0.05) is 19.1 Å². The number of nitro benzene ring substituents is 1. The van der Waals surface area contributed by atoms with Gasteiger partial charge in [-0.3, -0.25) is 10.1 Å². The fraction of sp³-hybridized carbons (Fsp3) is 0.375. The van der Waals surface area contributed by atoms with E-state index in [4.69, 9.17) is 0 Å². The van der Waals surface area contributed by atoms with Crippen LogP contribution in [0.2, 0.25) is 0 Å². The molecule has 0 aliphatic carbocycles. The molecule has 2 aromatic rings. The first-order chi connectivity index (χ1) is 11.6. The minimum atomic E-state index is -0.357. The maximum Gasteiger partial charge on any atom is 0.318 e. The number of urea groups is 1. The van der Waals surface area contributed by atoms with Crippen LogP contribution in [0, 0.1) is 10.1 Å². The number of aromatic nitrogens is 1. The monoisotopic (exact) mass is 346 g/mol. The molecule has 0 unspecified atom stereocenters. The second kappa shape index (κ2) is 6.96. The van der Waals surface area contributed by atoms with Gasteiger partial charge in [0.15, 0.2) is 0 Å². The van der Waals surface area contributed by atoms with Gasteiger partial charge in [0.1, 0.15) is 5.01 Å². The number of nitrogens with one attached hydrogen (secondary N) is 1. The van der Waals surface area contributed by atoms with Crippen molar-refractivity contribution in [1.82, 2.24) is 15.2 Å². The zero-order valence-corrected chi connectivity index (χ0v) is 14.1. The molecule has 1 atom stereocenters. The van der Waals surface area contributed by atoms with Crippen LogP contribution in [0.1, 0.15) is 35.5 Å². The Morgan fingerprint density at radius 2 is 2.38 bits per heavy atom. The molecular formula is C16H18N4O3S. The number of nitro groups is 1. The predicted molar refractivity (Wildman–Crippen MR) is 90.9 cm³/mol. The molecule has 0 fully saturated rings. The molecule has 0 spiro atoms. The summed E-state index contributed by atoms with van der Waals surface area (Å²) in [4.78, 5) is 29.3. The smallest absolute Gasteiger partial charge is 0.318 e. The molecule has 0 bridgehead atoms. The molecule has 7 nitrogen and oxygen atoms in total. The average molecular weight is 346 g/mol. The molecule has 2 amide bonds. The van der Waals surface area contributed by atoms with Crippen LogP contribution in [0.5, 0.6) is 0 Å². The Morgan fingerprint density at radius 3 is 3.04 bits per heavy atom. The number of hydrogen-bond acceptors (Lipinski definition) is 5. The molecule has 1 aliphatic rings. The lowest BCUT2D eigenvalue weighted by Gasteiger charge is -2.30. The molecule has 24 heavy (non-hydrogen) atoms. The summed E-state index contributed by atoms with van der Waals surface area (Å²) >= 11 is 1.52. The molecule has 2 heterocycles. The second-order valence-electron chi connectivity index (χ2n) is 5.62. The summed E-state index contributed by atoms with van der Waals surface area (Å²) in [5.74, 6) is 0. The molecular weight excluding hydrogens is 328 g/mol. The number of amides is 2. The lowest BCUT2D eigenvalue weighted by molar-refractivity contribution is -0.385. The van der Waals surface area contributed by atoms with Gasteiger partial charge in [0.05, 0.1) is 11.0 Å². The van der Waals surface area contributed by atoms with Gasteiger partial charge in [0, 0.05) is 36.3 Å². The Bertz CT molecular complexity index is 748. The topological polar surface area (TPSA) is 88.4 Å². The SMILES string of the molecule is CC[C@@H](NC(=O)N1CCc2c(cccc2[N+](=O)[O-])C1)c1nccs1. The number of rotatable bonds is 4. The van der Waals surface area contributed by atoms with Crippen LogP contribution in [0.25, 0.3) is 0 Å². The van der Waals surface area contributed by atoms with Crippen LogP contribution < -0.4 is 5.32 Å². The van der Waals surface area contributed by atoms with Crippen LogP contribution in [-0.4, -0.2) is 27.4 Å². The van der Waals surface area contributed by atoms with E-state index in [0.29, 0.717) is 19.5 Å². The highest BCUT2D eigenvalue weighted by Crippen LogP contribution is 2.28. The minimum Gasteiger partial charge on any atom is -0.329 e. The Labute approximate surface area is 143 Å². The fourth-order valence-electron chi connectivity index (χ4n) is 2.92. The van der Waals surface area contributed by atoms with E-state index >= 15 is 0 Å². The number of hydrogen-bond donors (Lipinski definition) is 1. The van der Waals surface area contributed by atoms with E-state index < -0.39 is 0 Å². The second-order valence-corrected chi connectivity index (χ2v) is 6.55. The summed E-state index contributed by atoms with van der Waals surface area (Å²) in [5.41, 5.74) is 1.72. The van der Waals surface area contributed by atoms with E-state index in [1.54, 1.807) is 17.2 Å². The van der Waals surface area contributed by atoms with E-state index in [0.717, 1.165) is 22.6 Å². The van der Waals surface area contributed by atoms with Crippen molar-refractivity contribution in [2.24, 2.45) is 0 Å². The highest BCUT2D eigenvalue weighted by atomic mass is 32.1. The standard InChI is InChI=1S/C16H18N4O3S/c1-2-13(15-17-7-9-24-15)18-16(21)19-8-6-12-11(10-19)4-3-5-14(12)20(22)23/h3-5,7,9,13H,2,6,8,10H2,1H3,(H,18,21)/t13-/m1/s1. The quantitative estimate of drug-likeness (QED) is 0.680. The number of fused-ring (bicyclic) bond motifs is 1. The van der Waals surface area contributed by atoms with Crippen LogP contribution in [-0.2, 0) is 13.0 Å². The van der Waals surface area contributed by atoms with Crippen molar-refractivity contribution in [3.8, 4) is 0 Å². The lowest BCUT2D eigenvalue weighted by Crippen LogP contribution is -2.44. The first-order valence-corrected chi connectivity index (χ1v) is 8.68. The number of carbonyl (C=O) groups excluding carboxylic acids is 1. The summed E-state index contributed by atoms with van der Waals surface area (Å²) in [6, 6.07) is 4.77. The van der Waals surface area contributed by atoms with Crippen molar-refractivity contribution in [1.29, 1.82) is 0 Å². The third-order valence-electron chi connectivity index (χ3n) is 4.18. The maximum absolute atomic E-state index is 12.5. The van der Waals surface area contributed by atoms with Crippen molar-refractivity contribution in [2.75, 3.05) is 6.54 Å². The molecule has 0 radical (unpaired) electrons. The minimum absolute atomic E-state index is 0.107. The number of thiazole rings is 1. The molecule has 8 heteroatoms. The van der Waals surface area contributed by atoms with Crippen LogP contribution in [0.4, 0.5) is 10.5 Å². The summed E-state index contributed by atoms with van der Waals surface area (Å²) in [7, 11) is 0. The summed E-state index contributed by atoms with van der Waals surface area (Å²) in [6.45, 7) is 2.86. The summed E-state index contributed by atoms with van der Waals surface area (Å²) in [6.07, 6.45) is 2.98. The van der Waals surface area contributed by atoms with E-state index in [1.165, 1.54) is 17.4 Å². The molecule has 1 aliphatic heterocycles. The summed E-state index contributed by atoms with van der Waals surface area (Å²) < 4.78 is 0. The van der Waals surface area contributed by atoms with E-state index in [9.17, 15) is 14.9 Å². The van der Waals surface area contributed by atoms with Crippen molar-refractivity contribution < 1.29 is 9.72 Å². The highest BCUT2D eigenvalue weighted by Gasteiger charge is 2.27. The zero-order valence-electron chi connectivity index (χ0n) is 13.3. The summed E-state index contributed by atoms with van der Waals surface area (Å²) in [5, 5.41) is 16.9. The van der Waals surface area contributed by atoms with Gasteiger partial charge in [-0.25, -0.2) is 9.78 Å². The Balaban J connectivity index is 1.72. The van der Waals surface area contributed by atoms with Gasteiger partial charge < -0.3 is 10.2 Å². The van der Waals surface area contributed by atoms with Crippen LogP contribution >= 0.6 is 11.3 Å². The van der Waals surface area contributed by atoms with Gasteiger partial charge >= 0.3 is 6.03 Å². The largest absolute Gasteiger partial charge is 0.329 e. The molecule has 1 aromatic carbocycles. The normalized spacial score (nSPS) is 14.8. The van der Waals surface area contributed by atoms with E-state index in [1.807, 2.05) is 18.4 Å². The number of nitrogens with zero attached hydrogens (tertiary/aromatic N) is 3. The lowest BCUT2D eigenvalue weighted by atomic mass is 9.98. The molecule has 0 saturated carbocycles. The average Bonchev–Trinajstić information content (AvgIpc) is 3.12. The molecule has 1 N–H and O–H groups in total. The Hall–Kier alpha value is -2.48. The Kier molecular flexibility index (Phi) is 4.75. The number of carbonyl (C=O) groups is 1. The van der Waals surface area contributed by atoms with Crippen LogP contribution in [0.3, 0.4) is 0 Å². The van der Waals surface area contributed by atoms with Gasteiger partial charge in [-0.15, -0.1) is 11.3 Å². The third-order valence-corrected chi connectivity index (χ3v) is 5.07. The molecule has 1 aromatic heterocycles. The first kappa shape index (κ1) is 16.4. The van der Waals surface area contributed by atoms with Crippen molar-refractivity contribution in [3.63, 3.8) is 0 Å². The number of benzene rings is 1. The maximum atomic E-state index is 12.5. The van der Waals surface area contributed by atoms with Crippen molar-refractivity contribution in [3.05, 3.63) is 56.0 Å². The van der Waals surface area contributed by atoms with Gasteiger partial charge in [0.2, 0.25) is 0 Å². The van der Waals surface area contributed by atoms with E-state index in [-0.39, 0.29) is 22.7 Å². The van der Waals surface area contributed by atoms with E-state index in [2.05, 4.69) is 10.3 Å². The van der Waals surface area contributed by atoms with Crippen LogP contribution in [0.15, 0.2) is 29.8 Å². The Morgan fingerprint density at radius 1 is 1.54 bits per heavy atom. The molecule has 0 saturated heterocycles. The predicted octanol–water partition coefficient (Wildman–Crippen LogP) is 3.27. The van der Waals surface area contributed by atoms with Crippen molar-refractivity contribution in [2.45, 2.75) is 32.4 Å². The van der Waals surface area contributed by atoms with Gasteiger partial charge in [-0.2, -0.15) is 0 Å². The van der Waals surface area contributed by atoms with Crippen molar-refractivity contribution >= 4 is 23.1 Å². The fourth-order valence-corrected chi connectivity index (χ4v) is 3.69. The van der Waals surface area contributed by atoms with Gasteiger partial charge in [0.25, 0.3) is 5.69 Å². The molecule has 3 rings (SSSR count). The third kappa shape index (κ3) is 3.23. The van der Waals surface area contributed by atoms with Gasteiger partial charge in [-0.05, 0) is 18.4 Å². The first-order valence-electron chi connectivity index (χ1n) is 7.80. The zero-order chi connectivity index (χ0) is 17.1.